The van der Waals surface area contributed by atoms with Crippen molar-refractivity contribution in [3.05, 3.63) is 32.3 Å². The predicted molar refractivity (Wildman–Crippen MR) is 60.7 cm³/mol. The van der Waals surface area contributed by atoms with Crippen molar-refractivity contribution in [2.75, 3.05) is 18.4 Å². The van der Waals surface area contributed by atoms with E-state index in [2.05, 4.69) is 5.32 Å². The lowest BCUT2D eigenvalue weighted by Gasteiger charge is -2.08. The number of hydrogen-bond donors (Lipinski definition) is 2. The number of benzene rings is 1. The van der Waals surface area contributed by atoms with Crippen molar-refractivity contribution in [3.63, 3.8) is 0 Å². The first-order valence-corrected chi connectivity index (χ1v) is 4.89. The predicted octanol–water partition coefficient (Wildman–Crippen LogP) is 2.27. The number of nitro groups is 1. The van der Waals surface area contributed by atoms with Gasteiger partial charge < -0.3 is 11.1 Å². The number of non-ortho nitro benzene ring substituents is 1. The zero-order chi connectivity index (χ0) is 11.4. The molecule has 1 aromatic rings. The Morgan fingerprint density at radius 2 is 1.93 bits per heavy atom. The summed E-state index contributed by atoms with van der Waals surface area (Å²) in [6.07, 6.45) is 0. The van der Waals surface area contributed by atoms with E-state index in [9.17, 15) is 10.1 Å². The van der Waals surface area contributed by atoms with Gasteiger partial charge in [0.15, 0.2) is 0 Å². The van der Waals surface area contributed by atoms with Crippen molar-refractivity contribution in [1.82, 2.24) is 0 Å². The van der Waals surface area contributed by atoms with Crippen LogP contribution < -0.4 is 11.1 Å². The lowest BCUT2D eigenvalue weighted by Crippen LogP contribution is -2.13. The zero-order valence-corrected chi connectivity index (χ0v) is 9.18. The van der Waals surface area contributed by atoms with Gasteiger partial charge in [-0.25, -0.2) is 0 Å². The average molecular weight is 250 g/mol. The summed E-state index contributed by atoms with van der Waals surface area (Å²) in [6, 6.07) is 2.48. The van der Waals surface area contributed by atoms with Gasteiger partial charge in [0.2, 0.25) is 0 Å². The molecule has 0 fully saturated rings. The minimum Gasteiger partial charge on any atom is -0.381 e. The third-order valence-electron chi connectivity index (χ3n) is 1.68. The van der Waals surface area contributed by atoms with Crippen molar-refractivity contribution >= 4 is 34.6 Å². The normalized spacial score (nSPS) is 10.1. The van der Waals surface area contributed by atoms with Gasteiger partial charge in [0.25, 0.3) is 5.69 Å². The molecule has 7 heteroatoms. The SMILES string of the molecule is NCCNc1c(Cl)cc([N+](=O)[O-])cc1Cl. The van der Waals surface area contributed by atoms with E-state index < -0.39 is 4.92 Å². The first-order chi connectivity index (χ1) is 7.06. The van der Waals surface area contributed by atoms with Crippen LogP contribution >= 0.6 is 23.2 Å². The van der Waals surface area contributed by atoms with E-state index >= 15 is 0 Å². The van der Waals surface area contributed by atoms with E-state index in [-0.39, 0.29) is 15.7 Å². The fourth-order valence-electron chi connectivity index (χ4n) is 1.03. The Morgan fingerprint density at radius 1 is 1.40 bits per heavy atom. The molecule has 0 aromatic heterocycles. The van der Waals surface area contributed by atoms with Crippen LogP contribution in [0.25, 0.3) is 0 Å². The molecule has 0 amide bonds. The third kappa shape index (κ3) is 2.95. The zero-order valence-electron chi connectivity index (χ0n) is 7.67. The first kappa shape index (κ1) is 12.0. The lowest BCUT2D eigenvalue weighted by atomic mass is 10.3. The number of nitrogens with two attached hydrogens (primary N) is 1. The molecule has 5 nitrogen and oxygen atoms in total. The van der Waals surface area contributed by atoms with Crippen LogP contribution in [0, 0.1) is 10.1 Å². The molecule has 0 spiro atoms. The van der Waals surface area contributed by atoms with E-state index in [0.29, 0.717) is 18.8 Å². The monoisotopic (exact) mass is 249 g/mol. The van der Waals surface area contributed by atoms with E-state index in [1.54, 1.807) is 0 Å². The highest BCUT2D eigenvalue weighted by atomic mass is 35.5. The second kappa shape index (κ2) is 5.16. The van der Waals surface area contributed by atoms with Gasteiger partial charge in [0, 0.05) is 25.2 Å². The molecule has 0 aliphatic rings. The Balaban J connectivity index is 3.04. The Bertz CT molecular complexity index is 361. The Kier molecular flexibility index (Phi) is 4.14. The van der Waals surface area contributed by atoms with Gasteiger partial charge in [-0.15, -0.1) is 0 Å². The quantitative estimate of drug-likeness (QED) is 0.634. The van der Waals surface area contributed by atoms with Gasteiger partial charge in [-0.2, -0.15) is 0 Å². The molecule has 0 saturated carbocycles. The largest absolute Gasteiger partial charge is 0.381 e. The molecule has 1 rings (SSSR count). The molecule has 1 aromatic carbocycles. The number of anilines is 1. The van der Waals surface area contributed by atoms with Crippen LogP contribution in [0.3, 0.4) is 0 Å². The molecule has 0 bridgehead atoms. The second-order valence-electron chi connectivity index (χ2n) is 2.76. The molecular weight excluding hydrogens is 241 g/mol. The van der Waals surface area contributed by atoms with Crippen LogP contribution in [-0.2, 0) is 0 Å². The van der Waals surface area contributed by atoms with Crippen molar-refractivity contribution in [3.8, 4) is 0 Å². The maximum Gasteiger partial charge on any atom is 0.272 e. The molecule has 0 saturated heterocycles. The summed E-state index contributed by atoms with van der Waals surface area (Å²) in [5.74, 6) is 0. The summed E-state index contributed by atoms with van der Waals surface area (Å²) in [5.41, 5.74) is 5.63. The Morgan fingerprint density at radius 3 is 2.33 bits per heavy atom. The summed E-state index contributed by atoms with van der Waals surface area (Å²) >= 11 is 11.6. The van der Waals surface area contributed by atoms with E-state index in [4.69, 9.17) is 28.9 Å². The average Bonchev–Trinajstić information content (AvgIpc) is 2.16. The summed E-state index contributed by atoms with van der Waals surface area (Å²) in [6.45, 7) is 0.918. The van der Waals surface area contributed by atoms with E-state index in [0.717, 1.165) is 0 Å². The number of halogens is 2. The van der Waals surface area contributed by atoms with Gasteiger partial charge in [-0.3, -0.25) is 10.1 Å². The van der Waals surface area contributed by atoms with E-state index in [1.807, 2.05) is 0 Å². The van der Waals surface area contributed by atoms with Crippen LogP contribution in [0.2, 0.25) is 10.0 Å². The molecule has 0 heterocycles. The lowest BCUT2D eigenvalue weighted by molar-refractivity contribution is -0.384. The van der Waals surface area contributed by atoms with Crippen LogP contribution in [0.4, 0.5) is 11.4 Å². The van der Waals surface area contributed by atoms with Crippen molar-refractivity contribution < 1.29 is 4.92 Å². The number of nitrogens with one attached hydrogen (secondary N) is 1. The van der Waals surface area contributed by atoms with Gasteiger partial charge in [-0.1, -0.05) is 23.2 Å². The molecule has 82 valence electrons. The molecule has 0 unspecified atom stereocenters. The summed E-state index contributed by atoms with van der Waals surface area (Å²) in [4.78, 5) is 9.93. The highest BCUT2D eigenvalue weighted by Crippen LogP contribution is 2.34. The number of rotatable bonds is 4. The van der Waals surface area contributed by atoms with Crippen LogP contribution in [0.15, 0.2) is 12.1 Å². The first-order valence-electron chi connectivity index (χ1n) is 4.13. The van der Waals surface area contributed by atoms with Gasteiger partial charge in [0.1, 0.15) is 0 Å². The highest BCUT2D eigenvalue weighted by molar-refractivity contribution is 6.39. The highest BCUT2D eigenvalue weighted by Gasteiger charge is 2.13. The molecule has 0 atom stereocenters. The number of hydrogen-bond acceptors (Lipinski definition) is 4. The van der Waals surface area contributed by atoms with Crippen molar-refractivity contribution in [1.29, 1.82) is 0 Å². The van der Waals surface area contributed by atoms with Gasteiger partial charge in [-0.05, 0) is 0 Å². The molecule has 0 radical (unpaired) electrons. The standard InChI is InChI=1S/C8H9Cl2N3O2/c9-6-3-5(13(14)15)4-7(10)8(6)12-2-1-11/h3-4,12H,1-2,11H2. The van der Waals surface area contributed by atoms with Crippen molar-refractivity contribution in [2.45, 2.75) is 0 Å². The van der Waals surface area contributed by atoms with E-state index in [1.165, 1.54) is 12.1 Å². The van der Waals surface area contributed by atoms with Gasteiger partial charge in [0.05, 0.1) is 20.7 Å². The Hall–Kier alpha value is -1.04. The minimum absolute atomic E-state index is 0.136. The smallest absolute Gasteiger partial charge is 0.272 e. The number of nitro benzene ring substituents is 1. The van der Waals surface area contributed by atoms with Crippen LogP contribution in [0.5, 0.6) is 0 Å². The van der Waals surface area contributed by atoms with Crippen LogP contribution in [-0.4, -0.2) is 18.0 Å². The topological polar surface area (TPSA) is 81.2 Å². The molecule has 0 aliphatic heterocycles. The maximum atomic E-state index is 10.5. The van der Waals surface area contributed by atoms with Crippen LogP contribution in [0.1, 0.15) is 0 Å². The fraction of sp³-hybridized carbons (Fsp3) is 0.250. The Labute approximate surface area is 96.3 Å². The summed E-state index contributed by atoms with van der Waals surface area (Å²) in [5, 5.41) is 13.8. The molecular formula is C8H9Cl2N3O2. The third-order valence-corrected chi connectivity index (χ3v) is 2.28. The fourth-order valence-corrected chi connectivity index (χ4v) is 1.64. The molecule has 15 heavy (non-hydrogen) atoms. The second-order valence-corrected chi connectivity index (χ2v) is 3.57. The summed E-state index contributed by atoms with van der Waals surface area (Å²) in [7, 11) is 0. The molecule has 0 aliphatic carbocycles. The summed E-state index contributed by atoms with van der Waals surface area (Å²) < 4.78 is 0. The molecule has 3 N–H and O–H groups in total. The number of nitrogens with zero attached hydrogens (tertiary/aromatic N) is 1. The van der Waals surface area contributed by atoms with Crippen molar-refractivity contribution in [2.24, 2.45) is 5.73 Å². The minimum atomic E-state index is -0.551. The van der Waals surface area contributed by atoms with Gasteiger partial charge >= 0.3 is 0 Å². The maximum absolute atomic E-state index is 10.5.